The molecule has 3 nitrogen and oxygen atoms in total. The topological polar surface area (TPSA) is 60.2 Å². The van der Waals surface area contributed by atoms with Gasteiger partial charge in [0.1, 0.15) is 9.84 Å². The van der Waals surface area contributed by atoms with E-state index in [1.165, 1.54) is 17.8 Å². The number of hydrogen-bond donors (Lipinski definition) is 1. The van der Waals surface area contributed by atoms with Crippen LogP contribution in [0.3, 0.4) is 0 Å². The Morgan fingerprint density at radius 2 is 2.00 bits per heavy atom. The van der Waals surface area contributed by atoms with Crippen LogP contribution in [0, 0.1) is 0 Å². The summed E-state index contributed by atoms with van der Waals surface area (Å²) < 4.78 is 22.1. The molecule has 3 unspecified atom stereocenters. The van der Waals surface area contributed by atoms with Crippen molar-refractivity contribution in [1.82, 2.24) is 0 Å². The molecule has 1 aliphatic heterocycles. The van der Waals surface area contributed by atoms with Gasteiger partial charge in [-0.2, -0.15) is 23.5 Å². The number of hydrogen-bond acceptors (Lipinski definition) is 5. The summed E-state index contributed by atoms with van der Waals surface area (Å²) in [6, 6.07) is 0.138. The molecule has 0 amide bonds. The van der Waals surface area contributed by atoms with Gasteiger partial charge < -0.3 is 5.73 Å². The van der Waals surface area contributed by atoms with Gasteiger partial charge in [-0.1, -0.05) is 6.92 Å². The summed E-state index contributed by atoms with van der Waals surface area (Å²) >= 11 is 3.99. The van der Waals surface area contributed by atoms with Crippen LogP contribution in [-0.4, -0.2) is 48.5 Å². The quantitative estimate of drug-likeness (QED) is 0.809. The van der Waals surface area contributed by atoms with Crippen molar-refractivity contribution in [3.05, 3.63) is 0 Å². The molecular formula is C11H23NO2S3. The first-order chi connectivity index (χ1) is 7.94. The molecule has 0 aliphatic carbocycles. The minimum absolute atomic E-state index is 0.138. The predicted octanol–water partition coefficient (Wildman–Crippen LogP) is 1.77. The second-order valence-corrected chi connectivity index (χ2v) is 9.48. The zero-order valence-corrected chi connectivity index (χ0v) is 13.0. The van der Waals surface area contributed by atoms with Crippen molar-refractivity contribution in [2.75, 3.05) is 23.5 Å². The van der Waals surface area contributed by atoms with Crippen LogP contribution in [0.15, 0.2) is 0 Å². The average Bonchev–Trinajstić information content (AvgIpc) is 2.27. The Bertz CT molecular complexity index is 319. The number of rotatable bonds is 6. The Balaban J connectivity index is 2.37. The molecule has 0 aromatic rings. The van der Waals surface area contributed by atoms with E-state index < -0.39 is 9.84 Å². The highest BCUT2D eigenvalue weighted by Crippen LogP contribution is 2.35. The van der Waals surface area contributed by atoms with Gasteiger partial charge in [0.25, 0.3) is 0 Å². The van der Waals surface area contributed by atoms with E-state index in [1.807, 2.05) is 23.5 Å². The molecule has 0 bridgehead atoms. The molecule has 6 heteroatoms. The molecule has 0 aromatic carbocycles. The summed E-state index contributed by atoms with van der Waals surface area (Å²) in [4.78, 5) is 0. The van der Waals surface area contributed by atoms with Crippen molar-refractivity contribution in [3.8, 4) is 0 Å². The van der Waals surface area contributed by atoms with Crippen molar-refractivity contribution in [2.24, 2.45) is 5.73 Å². The summed E-state index contributed by atoms with van der Waals surface area (Å²) in [5.41, 5.74) is 6.21. The lowest BCUT2D eigenvalue weighted by molar-refractivity contribution is 0.548. The molecule has 1 fully saturated rings. The van der Waals surface area contributed by atoms with Crippen molar-refractivity contribution < 1.29 is 8.42 Å². The largest absolute Gasteiger partial charge is 0.327 e. The summed E-state index contributed by atoms with van der Waals surface area (Å²) in [6.45, 7) is 2.21. The first-order valence-electron chi connectivity index (χ1n) is 6.10. The lowest BCUT2D eigenvalue weighted by Crippen LogP contribution is -2.41. The van der Waals surface area contributed by atoms with E-state index in [9.17, 15) is 8.42 Å². The van der Waals surface area contributed by atoms with Crippen LogP contribution >= 0.6 is 23.5 Å². The standard InChI is InChI=1S/C11H23NO2S3/c1-3-10-11(16-7-6-15-10)9(12)5-4-8-17(2,13)14/h9-11H,3-8,12H2,1-2H3. The summed E-state index contributed by atoms with van der Waals surface area (Å²) in [6.07, 6.45) is 3.96. The first-order valence-corrected chi connectivity index (χ1v) is 10.3. The average molecular weight is 298 g/mol. The third-order valence-electron chi connectivity index (χ3n) is 2.97. The van der Waals surface area contributed by atoms with E-state index in [0.29, 0.717) is 16.9 Å². The molecule has 1 rings (SSSR count). The van der Waals surface area contributed by atoms with Crippen LogP contribution in [0.5, 0.6) is 0 Å². The lowest BCUT2D eigenvalue weighted by Gasteiger charge is -2.34. The molecule has 0 radical (unpaired) electrons. The number of sulfone groups is 1. The molecule has 3 atom stereocenters. The van der Waals surface area contributed by atoms with Crippen LogP contribution in [0.2, 0.25) is 0 Å². The third-order valence-corrected chi connectivity index (χ3v) is 7.43. The van der Waals surface area contributed by atoms with Crippen LogP contribution in [-0.2, 0) is 9.84 Å². The fraction of sp³-hybridized carbons (Fsp3) is 1.00. The molecule has 1 saturated heterocycles. The van der Waals surface area contributed by atoms with E-state index in [1.54, 1.807) is 0 Å². The highest BCUT2D eigenvalue weighted by atomic mass is 32.2. The van der Waals surface area contributed by atoms with E-state index in [0.717, 1.165) is 12.8 Å². The molecule has 102 valence electrons. The maximum Gasteiger partial charge on any atom is 0.147 e. The van der Waals surface area contributed by atoms with Gasteiger partial charge in [0.05, 0.1) is 0 Å². The highest BCUT2D eigenvalue weighted by Gasteiger charge is 2.29. The Morgan fingerprint density at radius 3 is 2.59 bits per heavy atom. The van der Waals surface area contributed by atoms with Crippen LogP contribution in [0.25, 0.3) is 0 Å². The monoisotopic (exact) mass is 297 g/mol. The van der Waals surface area contributed by atoms with Crippen molar-refractivity contribution in [2.45, 2.75) is 42.7 Å². The molecule has 2 N–H and O–H groups in total. The summed E-state index contributed by atoms with van der Waals surface area (Å²) in [5, 5.41) is 1.14. The second kappa shape index (κ2) is 7.26. The third kappa shape index (κ3) is 5.85. The highest BCUT2D eigenvalue weighted by molar-refractivity contribution is 8.07. The smallest absolute Gasteiger partial charge is 0.147 e. The maximum absolute atomic E-state index is 11.1. The van der Waals surface area contributed by atoms with Gasteiger partial charge >= 0.3 is 0 Å². The van der Waals surface area contributed by atoms with E-state index in [2.05, 4.69) is 6.92 Å². The van der Waals surface area contributed by atoms with Crippen molar-refractivity contribution in [1.29, 1.82) is 0 Å². The van der Waals surface area contributed by atoms with Crippen LogP contribution in [0.4, 0.5) is 0 Å². The van der Waals surface area contributed by atoms with Gasteiger partial charge in [-0.25, -0.2) is 8.42 Å². The predicted molar refractivity (Wildman–Crippen MR) is 79.7 cm³/mol. The minimum atomic E-state index is -2.84. The van der Waals surface area contributed by atoms with Gasteiger partial charge in [-0.3, -0.25) is 0 Å². The molecule has 0 saturated carbocycles. The van der Waals surface area contributed by atoms with Gasteiger partial charge in [0.15, 0.2) is 0 Å². The Labute approximate surface area is 114 Å². The number of nitrogens with two attached hydrogens (primary N) is 1. The van der Waals surface area contributed by atoms with Gasteiger partial charge in [-0.05, 0) is 19.3 Å². The summed E-state index contributed by atoms with van der Waals surface area (Å²) in [7, 11) is -2.84. The molecule has 0 aromatic heterocycles. The summed E-state index contributed by atoms with van der Waals surface area (Å²) in [5.74, 6) is 2.66. The minimum Gasteiger partial charge on any atom is -0.327 e. The Hall–Kier alpha value is 0.610. The fourth-order valence-electron chi connectivity index (χ4n) is 2.08. The van der Waals surface area contributed by atoms with E-state index in [-0.39, 0.29) is 11.8 Å². The molecule has 17 heavy (non-hydrogen) atoms. The molecule has 1 aliphatic rings. The van der Waals surface area contributed by atoms with Crippen LogP contribution < -0.4 is 5.73 Å². The van der Waals surface area contributed by atoms with Gasteiger partial charge in [-0.15, -0.1) is 0 Å². The number of thioether (sulfide) groups is 2. The maximum atomic E-state index is 11.1. The van der Waals surface area contributed by atoms with Gasteiger partial charge in [0.2, 0.25) is 0 Å². The van der Waals surface area contributed by atoms with E-state index >= 15 is 0 Å². The molecule has 0 spiro atoms. The zero-order valence-electron chi connectivity index (χ0n) is 10.6. The molecule has 1 heterocycles. The molecular weight excluding hydrogens is 274 g/mol. The van der Waals surface area contributed by atoms with E-state index in [4.69, 9.17) is 5.73 Å². The normalized spacial score (nSPS) is 27.9. The fourth-order valence-corrected chi connectivity index (χ4v) is 6.01. The van der Waals surface area contributed by atoms with Crippen molar-refractivity contribution in [3.63, 3.8) is 0 Å². The van der Waals surface area contributed by atoms with Crippen molar-refractivity contribution >= 4 is 33.4 Å². The first kappa shape index (κ1) is 15.7. The van der Waals surface area contributed by atoms with Gasteiger partial charge in [0, 0.05) is 40.1 Å². The SMILES string of the molecule is CCC1SCCSC1C(N)CCCS(C)(=O)=O. The van der Waals surface area contributed by atoms with Crippen LogP contribution in [0.1, 0.15) is 26.2 Å². The Kier molecular flexibility index (Phi) is 6.69. The lowest BCUT2D eigenvalue weighted by atomic mass is 10.1. The second-order valence-electron chi connectivity index (χ2n) is 4.59. The Morgan fingerprint density at radius 1 is 1.35 bits per heavy atom. The zero-order chi connectivity index (χ0) is 12.9.